The van der Waals surface area contributed by atoms with Gasteiger partial charge in [0.05, 0.1) is 26.4 Å². The monoisotopic (exact) mass is 1180 g/mol. The van der Waals surface area contributed by atoms with E-state index in [-0.39, 0.29) is 25.7 Å². The van der Waals surface area contributed by atoms with E-state index in [4.69, 9.17) is 37.0 Å². The van der Waals surface area contributed by atoms with Crippen LogP contribution in [-0.2, 0) is 65.4 Å². The predicted octanol–water partition coefficient (Wildman–Crippen LogP) is 16.6. The highest BCUT2D eigenvalue weighted by Gasteiger charge is 2.30. The topological polar surface area (TPSA) is 237 Å². The van der Waals surface area contributed by atoms with Crippen LogP contribution in [0.25, 0.3) is 0 Å². The molecule has 0 bridgehead atoms. The molecule has 80 heavy (non-hydrogen) atoms. The Bertz CT molecular complexity index is 1570. The molecule has 0 spiro atoms. The van der Waals surface area contributed by atoms with Crippen molar-refractivity contribution in [3.63, 3.8) is 0 Å². The normalized spacial score (nSPS) is 14.3. The second kappa shape index (κ2) is 55.0. The fourth-order valence-electron chi connectivity index (χ4n) is 9.05. The van der Waals surface area contributed by atoms with Crippen LogP contribution in [-0.4, -0.2) is 96.7 Å². The molecular formula is C61H118O17P2. The van der Waals surface area contributed by atoms with E-state index in [9.17, 15) is 43.2 Å². The van der Waals surface area contributed by atoms with Gasteiger partial charge in [-0.25, -0.2) is 9.13 Å². The number of carbonyl (C=O) groups excluding carboxylic acids is 4. The highest BCUT2D eigenvalue weighted by atomic mass is 31.2. The van der Waals surface area contributed by atoms with E-state index in [2.05, 4.69) is 34.6 Å². The summed E-state index contributed by atoms with van der Waals surface area (Å²) in [6, 6.07) is 0. The Morgan fingerprint density at radius 2 is 0.575 bits per heavy atom. The first kappa shape index (κ1) is 78.1. The number of unbranched alkanes of at least 4 members (excludes halogenated alkanes) is 33. The minimum atomic E-state index is -4.94. The SMILES string of the molecule is CCCCCCCCCCCCCC(=O)OC[C@H](COP(=O)(O)OC[C@@H](O)COP(=O)(O)OC[C@@H](COC(=O)CCCCCCC)OC(=O)CCCCCCCCC)OC(=O)CCCCCCCCCCCCCCCCC(C)C. The van der Waals surface area contributed by atoms with E-state index in [1.54, 1.807) is 0 Å². The molecule has 0 saturated carbocycles. The number of hydrogen-bond donors (Lipinski definition) is 3. The average Bonchev–Trinajstić information content (AvgIpc) is 3.42. The van der Waals surface area contributed by atoms with Gasteiger partial charge in [0.25, 0.3) is 0 Å². The lowest BCUT2D eigenvalue weighted by Crippen LogP contribution is -2.30. The number of carbonyl (C=O) groups is 4. The van der Waals surface area contributed by atoms with Crippen LogP contribution in [0.1, 0.15) is 304 Å². The number of phosphoric ester groups is 2. The van der Waals surface area contributed by atoms with Crippen LogP contribution in [0.15, 0.2) is 0 Å². The molecule has 0 aliphatic rings. The lowest BCUT2D eigenvalue weighted by molar-refractivity contribution is -0.161. The van der Waals surface area contributed by atoms with Gasteiger partial charge >= 0.3 is 39.5 Å². The molecule has 3 N–H and O–H groups in total. The van der Waals surface area contributed by atoms with Crippen LogP contribution >= 0.6 is 15.6 Å². The zero-order chi connectivity index (χ0) is 59.2. The van der Waals surface area contributed by atoms with Crippen molar-refractivity contribution in [3.05, 3.63) is 0 Å². The highest BCUT2D eigenvalue weighted by molar-refractivity contribution is 7.47. The Kier molecular flexibility index (Phi) is 53.6. The molecule has 0 aromatic heterocycles. The van der Waals surface area contributed by atoms with E-state index < -0.39 is 97.5 Å². The lowest BCUT2D eigenvalue weighted by Gasteiger charge is -2.21. The van der Waals surface area contributed by atoms with Crippen LogP contribution in [0, 0.1) is 5.92 Å². The summed E-state index contributed by atoms with van der Waals surface area (Å²) < 4.78 is 67.6. The molecule has 5 atom stereocenters. The summed E-state index contributed by atoms with van der Waals surface area (Å²) in [6.45, 7) is 7.06. The van der Waals surface area contributed by atoms with Crippen LogP contribution in [0.4, 0.5) is 0 Å². The van der Waals surface area contributed by atoms with Gasteiger partial charge in [0.1, 0.15) is 19.3 Å². The Hall–Kier alpha value is -1.94. The Balaban J connectivity index is 5.13. The Morgan fingerprint density at radius 3 is 0.850 bits per heavy atom. The molecule has 0 aromatic rings. The van der Waals surface area contributed by atoms with E-state index >= 15 is 0 Å². The number of phosphoric acid groups is 2. The third kappa shape index (κ3) is 55.3. The fraction of sp³-hybridized carbons (Fsp3) is 0.934. The molecule has 0 aromatic carbocycles. The molecule has 0 radical (unpaired) electrons. The van der Waals surface area contributed by atoms with Gasteiger partial charge in [-0.1, -0.05) is 253 Å². The number of esters is 4. The molecule has 0 rings (SSSR count). The largest absolute Gasteiger partial charge is 0.472 e. The highest BCUT2D eigenvalue weighted by Crippen LogP contribution is 2.45. The maximum Gasteiger partial charge on any atom is 0.472 e. The van der Waals surface area contributed by atoms with Crippen molar-refractivity contribution >= 4 is 39.5 Å². The first-order valence-corrected chi connectivity index (χ1v) is 35.1. The van der Waals surface area contributed by atoms with Gasteiger partial charge in [0, 0.05) is 25.7 Å². The van der Waals surface area contributed by atoms with Crippen molar-refractivity contribution in [3.8, 4) is 0 Å². The number of rotatable bonds is 61. The lowest BCUT2D eigenvalue weighted by atomic mass is 10.0. The van der Waals surface area contributed by atoms with E-state index in [0.29, 0.717) is 25.7 Å². The van der Waals surface area contributed by atoms with Gasteiger partial charge in [-0.2, -0.15) is 0 Å². The first-order chi connectivity index (χ1) is 38.5. The second-order valence-electron chi connectivity index (χ2n) is 22.6. The summed E-state index contributed by atoms with van der Waals surface area (Å²) in [7, 11) is -9.86. The van der Waals surface area contributed by atoms with Crippen LogP contribution in [0.5, 0.6) is 0 Å². The number of aliphatic hydroxyl groups excluding tert-OH is 1. The molecular weight excluding hydrogens is 1070 g/mol. The summed E-state index contributed by atoms with van der Waals surface area (Å²) in [5.41, 5.74) is 0. The molecule has 0 amide bonds. The van der Waals surface area contributed by atoms with E-state index in [1.165, 1.54) is 109 Å². The van der Waals surface area contributed by atoms with E-state index in [1.807, 2.05) is 0 Å². The molecule has 0 fully saturated rings. The molecule has 17 nitrogen and oxygen atoms in total. The summed E-state index contributed by atoms with van der Waals surface area (Å²) in [5.74, 6) is -1.36. The fourth-order valence-corrected chi connectivity index (χ4v) is 10.6. The quantitative estimate of drug-likeness (QED) is 0.0222. The average molecular weight is 1190 g/mol. The van der Waals surface area contributed by atoms with Gasteiger partial charge < -0.3 is 33.8 Å². The van der Waals surface area contributed by atoms with Crippen molar-refractivity contribution in [2.45, 2.75) is 323 Å². The summed E-state index contributed by atoms with van der Waals surface area (Å²) in [6.07, 6.45) is 38.0. The first-order valence-electron chi connectivity index (χ1n) is 32.1. The Labute approximate surface area is 486 Å². The molecule has 19 heteroatoms. The van der Waals surface area contributed by atoms with Crippen molar-refractivity contribution in [1.82, 2.24) is 0 Å². The van der Waals surface area contributed by atoms with Crippen LogP contribution in [0.3, 0.4) is 0 Å². The van der Waals surface area contributed by atoms with Crippen LogP contribution < -0.4 is 0 Å². The predicted molar refractivity (Wildman–Crippen MR) is 317 cm³/mol. The number of hydrogen-bond acceptors (Lipinski definition) is 15. The smallest absolute Gasteiger partial charge is 0.462 e. The van der Waals surface area contributed by atoms with Crippen molar-refractivity contribution in [2.75, 3.05) is 39.6 Å². The third-order valence-corrected chi connectivity index (χ3v) is 15.9. The maximum atomic E-state index is 12.9. The minimum Gasteiger partial charge on any atom is -0.462 e. The van der Waals surface area contributed by atoms with Crippen molar-refractivity contribution < 1.29 is 80.2 Å². The zero-order valence-corrected chi connectivity index (χ0v) is 53.0. The van der Waals surface area contributed by atoms with Crippen molar-refractivity contribution in [2.24, 2.45) is 5.92 Å². The number of ether oxygens (including phenoxy) is 4. The maximum absolute atomic E-state index is 12.9. The molecule has 474 valence electrons. The van der Waals surface area contributed by atoms with Crippen molar-refractivity contribution in [1.29, 1.82) is 0 Å². The molecule has 0 saturated heterocycles. The van der Waals surface area contributed by atoms with Gasteiger partial charge in [-0.3, -0.25) is 37.3 Å². The Morgan fingerprint density at radius 1 is 0.338 bits per heavy atom. The second-order valence-corrected chi connectivity index (χ2v) is 25.5. The minimum absolute atomic E-state index is 0.103. The standard InChI is InChI=1S/C61H118O17P2/c1-6-9-12-15-17-18-23-27-31-35-40-45-59(64)72-51-57(78-61(66)47-42-37-32-28-25-22-20-19-21-24-26-30-34-38-43-54(4)5)53-76-80(69,70)74-49-55(62)48-73-79(67,68)75-52-56(50-71-58(63)44-39-33-14-11-8-3)77-60(65)46-41-36-29-16-13-10-7-2/h54-57,62H,6-53H2,1-5H3,(H,67,68)(H,69,70)/t55-,56+,57+/m0/s1. The van der Waals surface area contributed by atoms with Crippen LogP contribution in [0.2, 0.25) is 0 Å². The summed E-state index contributed by atoms with van der Waals surface area (Å²) >= 11 is 0. The molecule has 2 unspecified atom stereocenters. The van der Waals surface area contributed by atoms with Gasteiger partial charge in [-0.05, 0) is 31.6 Å². The molecule has 0 aliphatic carbocycles. The third-order valence-electron chi connectivity index (χ3n) is 14.0. The van der Waals surface area contributed by atoms with Gasteiger partial charge in [0.2, 0.25) is 0 Å². The van der Waals surface area contributed by atoms with E-state index in [0.717, 1.165) is 115 Å². The molecule has 0 heterocycles. The molecule has 0 aliphatic heterocycles. The van der Waals surface area contributed by atoms with Gasteiger partial charge in [0.15, 0.2) is 12.2 Å². The number of aliphatic hydroxyl groups is 1. The van der Waals surface area contributed by atoms with Gasteiger partial charge in [-0.15, -0.1) is 0 Å². The summed E-state index contributed by atoms with van der Waals surface area (Å²) in [5, 5.41) is 10.5. The zero-order valence-electron chi connectivity index (χ0n) is 51.2. The summed E-state index contributed by atoms with van der Waals surface area (Å²) in [4.78, 5) is 71.7.